The van der Waals surface area contributed by atoms with E-state index in [2.05, 4.69) is 4.98 Å². The van der Waals surface area contributed by atoms with Gasteiger partial charge < -0.3 is 10.3 Å². The predicted molar refractivity (Wildman–Crippen MR) is 41.7 cm³/mol. The SMILES string of the molecule is O=[N+]([O-])O.OCCc1cncs1. The van der Waals surface area contributed by atoms with E-state index in [1.165, 1.54) is 0 Å². The lowest BCUT2D eigenvalue weighted by molar-refractivity contribution is -0.742. The molecule has 0 aliphatic carbocycles. The summed E-state index contributed by atoms with van der Waals surface area (Å²) in [6.45, 7) is 0.224. The van der Waals surface area contributed by atoms with E-state index in [0.717, 1.165) is 11.3 Å². The topological polar surface area (TPSA) is 96.5 Å². The molecule has 0 unspecified atom stereocenters. The van der Waals surface area contributed by atoms with Gasteiger partial charge >= 0.3 is 0 Å². The van der Waals surface area contributed by atoms with Crippen LogP contribution in [0.5, 0.6) is 0 Å². The van der Waals surface area contributed by atoms with Crippen molar-refractivity contribution < 1.29 is 15.4 Å². The molecule has 0 spiro atoms. The molecular weight excluding hydrogens is 184 g/mol. The summed E-state index contributed by atoms with van der Waals surface area (Å²) in [5.74, 6) is 0. The molecule has 1 heterocycles. The molecule has 1 rings (SSSR count). The highest BCUT2D eigenvalue weighted by Crippen LogP contribution is 2.04. The highest BCUT2D eigenvalue weighted by atomic mass is 32.1. The van der Waals surface area contributed by atoms with Gasteiger partial charge in [-0.05, 0) is 0 Å². The van der Waals surface area contributed by atoms with Gasteiger partial charge in [0, 0.05) is 24.1 Å². The Labute approximate surface area is 72.2 Å². The highest BCUT2D eigenvalue weighted by Gasteiger charge is 1.89. The van der Waals surface area contributed by atoms with Gasteiger partial charge in [-0.25, -0.2) is 0 Å². The molecule has 68 valence electrons. The summed E-state index contributed by atoms with van der Waals surface area (Å²) in [7, 11) is 0. The average molecular weight is 192 g/mol. The van der Waals surface area contributed by atoms with Gasteiger partial charge in [-0.15, -0.1) is 21.5 Å². The minimum atomic E-state index is -1.50. The van der Waals surface area contributed by atoms with Crippen LogP contribution < -0.4 is 0 Å². The maximum absolute atomic E-state index is 8.42. The zero-order chi connectivity index (χ0) is 9.40. The molecule has 0 saturated heterocycles. The van der Waals surface area contributed by atoms with Gasteiger partial charge in [0.2, 0.25) is 0 Å². The molecule has 6 nitrogen and oxygen atoms in total. The van der Waals surface area contributed by atoms with Crippen LogP contribution in [-0.4, -0.2) is 27.0 Å². The number of thiazole rings is 1. The second kappa shape index (κ2) is 6.50. The van der Waals surface area contributed by atoms with Crippen molar-refractivity contribution in [3.8, 4) is 0 Å². The maximum atomic E-state index is 8.42. The molecule has 0 aliphatic heterocycles. The van der Waals surface area contributed by atoms with Crippen LogP contribution in [0.3, 0.4) is 0 Å². The molecule has 0 radical (unpaired) electrons. The van der Waals surface area contributed by atoms with E-state index in [-0.39, 0.29) is 6.61 Å². The fourth-order valence-corrected chi connectivity index (χ4v) is 1.06. The van der Waals surface area contributed by atoms with Gasteiger partial charge in [0.25, 0.3) is 5.09 Å². The van der Waals surface area contributed by atoms with Crippen LogP contribution in [0, 0.1) is 10.1 Å². The summed E-state index contributed by atoms with van der Waals surface area (Å²) >= 11 is 1.58. The first-order chi connectivity index (χ1) is 5.66. The van der Waals surface area contributed by atoms with Gasteiger partial charge in [-0.3, -0.25) is 4.98 Å². The van der Waals surface area contributed by atoms with Crippen LogP contribution in [0.1, 0.15) is 4.88 Å². The summed E-state index contributed by atoms with van der Waals surface area (Å²) in [4.78, 5) is 13.4. The molecular formula is C5H8N2O4S. The third-order valence-electron chi connectivity index (χ3n) is 0.842. The molecule has 2 N–H and O–H groups in total. The van der Waals surface area contributed by atoms with Crippen LogP contribution in [-0.2, 0) is 6.42 Å². The number of rotatable bonds is 2. The molecule has 12 heavy (non-hydrogen) atoms. The number of aromatic nitrogens is 1. The van der Waals surface area contributed by atoms with Crippen molar-refractivity contribution >= 4 is 11.3 Å². The number of nitrogens with zero attached hydrogens (tertiary/aromatic N) is 2. The summed E-state index contributed by atoms with van der Waals surface area (Å²) < 4.78 is 0. The van der Waals surface area contributed by atoms with E-state index in [1.807, 2.05) is 0 Å². The number of aliphatic hydroxyl groups is 1. The molecule has 0 atom stereocenters. The van der Waals surface area contributed by atoms with E-state index >= 15 is 0 Å². The Morgan fingerprint density at radius 3 is 2.67 bits per heavy atom. The lowest BCUT2D eigenvalue weighted by Gasteiger charge is -1.84. The van der Waals surface area contributed by atoms with E-state index in [1.54, 1.807) is 23.0 Å². The number of aliphatic hydroxyl groups excluding tert-OH is 1. The second-order valence-corrected chi connectivity index (χ2v) is 2.65. The van der Waals surface area contributed by atoms with Crippen molar-refractivity contribution in [2.45, 2.75) is 6.42 Å². The third-order valence-corrected chi connectivity index (χ3v) is 1.68. The Balaban J connectivity index is 0.000000261. The summed E-state index contributed by atoms with van der Waals surface area (Å²) in [5, 5.41) is 22.1. The summed E-state index contributed by atoms with van der Waals surface area (Å²) in [5.41, 5.74) is 1.77. The van der Waals surface area contributed by atoms with Gasteiger partial charge in [0.05, 0.1) is 5.51 Å². The Morgan fingerprint density at radius 1 is 1.75 bits per heavy atom. The Kier molecular flexibility index (Phi) is 5.84. The molecule has 0 bridgehead atoms. The minimum absolute atomic E-state index is 0.224. The summed E-state index contributed by atoms with van der Waals surface area (Å²) in [6.07, 6.45) is 2.52. The average Bonchev–Trinajstić information content (AvgIpc) is 2.39. The molecule has 0 amide bonds. The second-order valence-electron chi connectivity index (χ2n) is 1.68. The van der Waals surface area contributed by atoms with Crippen LogP contribution in [0.25, 0.3) is 0 Å². The monoisotopic (exact) mass is 192 g/mol. The van der Waals surface area contributed by atoms with Crippen LogP contribution >= 0.6 is 11.3 Å². The van der Waals surface area contributed by atoms with E-state index in [9.17, 15) is 0 Å². The van der Waals surface area contributed by atoms with Gasteiger partial charge in [-0.1, -0.05) is 0 Å². The molecule has 7 heteroatoms. The van der Waals surface area contributed by atoms with Crippen LogP contribution in [0.15, 0.2) is 11.7 Å². The third kappa shape index (κ3) is 6.90. The van der Waals surface area contributed by atoms with Gasteiger partial charge in [0.15, 0.2) is 0 Å². The lowest BCUT2D eigenvalue weighted by atomic mass is 10.4. The minimum Gasteiger partial charge on any atom is -0.396 e. The Bertz CT molecular complexity index is 209. The number of hydrogen-bond donors (Lipinski definition) is 2. The number of hydrogen-bond acceptors (Lipinski definition) is 5. The first-order valence-corrected chi connectivity index (χ1v) is 3.86. The van der Waals surface area contributed by atoms with E-state index in [0.29, 0.717) is 0 Å². The maximum Gasteiger partial charge on any atom is 0.291 e. The Morgan fingerprint density at radius 2 is 2.33 bits per heavy atom. The lowest BCUT2D eigenvalue weighted by Crippen LogP contribution is -1.84. The van der Waals surface area contributed by atoms with E-state index < -0.39 is 5.09 Å². The molecule has 0 saturated carbocycles. The first kappa shape index (κ1) is 10.8. The summed E-state index contributed by atoms with van der Waals surface area (Å²) in [6, 6.07) is 0. The van der Waals surface area contributed by atoms with Crippen molar-refractivity contribution in [2.24, 2.45) is 0 Å². The zero-order valence-electron chi connectivity index (χ0n) is 6.08. The van der Waals surface area contributed by atoms with Gasteiger partial charge in [-0.2, -0.15) is 0 Å². The fraction of sp³-hybridized carbons (Fsp3) is 0.400. The van der Waals surface area contributed by atoms with Crippen molar-refractivity contribution in [2.75, 3.05) is 6.61 Å². The molecule has 0 aliphatic rings. The molecule has 0 fully saturated rings. The first-order valence-electron chi connectivity index (χ1n) is 2.98. The smallest absolute Gasteiger partial charge is 0.291 e. The zero-order valence-corrected chi connectivity index (χ0v) is 6.90. The van der Waals surface area contributed by atoms with Crippen molar-refractivity contribution in [3.05, 3.63) is 26.7 Å². The standard InChI is InChI=1S/C5H7NOS.HNO3/c7-2-1-5-3-6-4-8-5;2-1(3)4/h3-4,7H,1-2H2;(H,2,3,4). The van der Waals surface area contributed by atoms with E-state index in [4.69, 9.17) is 20.4 Å². The molecule has 1 aromatic heterocycles. The van der Waals surface area contributed by atoms with Crippen molar-refractivity contribution in [1.82, 2.24) is 4.98 Å². The fourth-order valence-electron chi connectivity index (χ4n) is 0.476. The normalized spacial score (nSPS) is 8.42. The Hall–Kier alpha value is -1.21. The van der Waals surface area contributed by atoms with Crippen LogP contribution in [0.2, 0.25) is 0 Å². The molecule has 0 aromatic carbocycles. The largest absolute Gasteiger partial charge is 0.396 e. The molecule has 1 aromatic rings. The highest BCUT2D eigenvalue weighted by molar-refractivity contribution is 7.09. The van der Waals surface area contributed by atoms with Crippen molar-refractivity contribution in [1.29, 1.82) is 0 Å². The van der Waals surface area contributed by atoms with Crippen molar-refractivity contribution in [3.63, 3.8) is 0 Å². The predicted octanol–water partition coefficient (Wildman–Crippen LogP) is 0.330. The van der Waals surface area contributed by atoms with Gasteiger partial charge in [0.1, 0.15) is 0 Å². The quantitative estimate of drug-likeness (QED) is 0.520. The van der Waals surface area contributed by atoms with Crippen LogP contribution in [0.4, 0.5) is 0 Å².